The minimum Gasteiger partial charge on any atom is -0.508 e. The molecule has 0 bridgehead atoms. The van der Waals surface area contributed by atoms with Crippen LogP contribution < -0.4 is 10.2 Å². The monoisotopic (exact) mass is 380 g/mol. The number of phenols is 3. The molecule has 120 valence electrons. The quantitative estimate of drug-likeness (QED) is 0.480. The first kappa shape index (κ1) is 16.6. The van der Waals surface area contributed by atoms with Crippen molar-refractivity contribution in [2.45, 2.75) is 0 Å². The molecule has 0 aliphatic rings. The Bertz CT molecular complexity index is 777. The highest BCUT2D eigenvalue weighted by Gasteiger charge is 2.11. The molecule has 4 N–H and O–H groups in total. The van der Waals surface area contributed by atoms with Gasteiger partial charge in [0.15, 0.2) is 11.5 Å². The molecule has 2 aromatic rings. The first-order valence-electron chi connectivity index (χ1n) is 6.34. The Hall–Kier alpha value is -2.74. The zero-order valence-electron chi connectivity index (χ0n) is 11.9. The van der Waals surface area contributed by atoms with Crippen molar-refractivity contribution >= 4 is 28.1 Å². The minimum absolute atomic E-state index is 0.0237. The second-order valence-electron chi connectivity index (χ2n) is 4.45. The lowest BCUT2D eigenvalue weighted by atomic mass is 10.2. The number of ether oxygens (including phenoxy) is 1. The third kappa shape index (κ3) is 3.92. The molecule has 0 spiro atoms. The minimum atomic E-state index is -0.636. The molecule has 2 rings (SSSR count). The molecule has 0 atom stereocenters. The number of rotatable bonds is 4. The summed E-state index contributed by atoms with van der Waals surface area (Å²) < 4.78 is 5.42. The zero-order valence-corrected chi connectivity index (χ0v) is 13.5. The van der Waals surface area contributed by atoms with Gasteiger partial charge in [-0.2, -0.15) is 5.10 Å². The van der Waals surface area contributed by atoms with E-state index < -0.39 is 5.91 Å². The number of nitrogens with zero attached hydrogens (tertiary/aromatic N) is 1. The Balaban J connectivity index is 2.12. The van der Waals surface area contributed by atoms with Gasteiger partial charge in [0, 0.05) is 6.07 Å². The Morgan fingerprint density at radius 1 is 1.26 bits per heavy atom. The Morgan fingerprint density at radius 3 is 2.65 bits per heavy atom. The van der Waals surface area contributed by atoms with Crippen molar-refractivity contribution in [2.75, 3.05) is 7.11 Å². The van der Waals surface area contributed by atoms with Crippen molar-refractivity contribution < 1.29 is 24.9 Å². The van der Waals surface area contributed by atoms with E-state index in [1.807, 2.05) is 0 Å². The number of amides is 1. The number of hydrogen-bond donors (Lipinski definition) is 4. The number of benzene rings is 2. The summed E-state index contributed by atoms with van der Waals surface area (Å²) in [6, 6.07) is 6.73. The van der Waals surface area contributed by atoms with E-state index in [1.165, 1.54) is 31.5 Å². The van der Waals surface area contributed by atoms with Gasteiger partial charge in [-0.25, -0.2) is 5.43 Å². The molecule has 0 aliphatic heterocycles. The van der Waals surface area contributed by atoms with Gasteiger partial charge in [0.2, 0.25) is 0 Å². The molecule has 0 unspecified atom stereocenters. The highest BCUT2D eigenvalue weighted by Crippen LogP contribution is 2.34. The van der Waals surface area contributed by atoms with Crippen LogP contribution in [0.2, 0.25) is 0 Å². The summed E-state index contributed by atoms with van der Waals surface area (Å²) in [5.74, 6) is -0.926. The molecule has 0 heterocycles. The van der Waals surface area contributed by atoms with Crippen LogP contribution in [0.3, 0.4) is 0 Å². The number of carbonyl (C=O) groups is 1. The van der Waals surface area contributed by atoms with E-state index in [1.54, 1.807) is 6.07 Å². The van der Waals surface area contributed by atoms with E-state index in [0.717, 1.165) is 6.07 Å². The van der Waals surface area contributed by atoms with Crippen LogP contribution in [0.15, 0.2) is 39.9 Å². The van der Waals surface area contributed by atoms with E-state index in [2.05, 4.69) is 26.5 Å². The predicted molar refractivity (Wildman–Crippen MR) is 87.2 cm³/mol. The van der Waals surface area contributed by atoms with Crippen LogP contribution in [0.4, 0.5) is 0 Å². The predicted octanol–water partition coefficient (Wildman–Crippen LogP) is 2.34. The Morgan fingerprint density at radius 2 is 2.00 bits per heavy atom. The number of hydrazone groups is 1. The second-order valence-corrected chi connectivity index (χ2v) is 5.31. The largest absolute Gasteiger partial charge is 0.508 e. The molecule has 0 aromatic heterocycles. The Kier molecular flexibility index (Phi) is 5.07. The maximum Gasteiger partial charge on any atom is 0.275 e. The fourth-order valence-electron chi connectivity index (χ4n) is 1.76. The lowest BCUT2D eigenvalue weighted by molar-refractivity contribution is 0.0952. The summed E-state index contributed by atoms with van der Waals surface area (Å²) in [7, 11) is 1.41. The van der Waals surface area contributed by atoms with E-state index in [9.17, 15) is 20.1 Å². The normalized spacial score (nSPS) is 10.7. The number of halogens is 1. The topological polar surface area (TPSA) is 111 Å². The summed E-state index contributed by atoms with van der Waals surface area (Å²) >= 11 is 3.18. The van der Waals surface area contributed by atoms with Gasteiger partial charge >= 0.3 is 0 Å². The van der Waals surface area contributed by atoms with E-state index in [4.69, 9.17) is 4.74 Å². The third-order valence-corrected chi connectivity index (χ3v) is 3.48. The molecule has 7 nitrogen and oxygen atoms in total. The zero-order chi connectivity index (χ0) is 17.0. The average molecular weight is 381 g/mol. The molecular formula is C15H13BrN2O5. The molecule has 0 fully saturated rings. The van der Waals surface area contributed by atoms with E-state index >= 15 is 0 Å². The Labute approximate surface area is 140 Å². The number of aromatic hydroxyl groups is 3. The smallest absolute Gasteiger partial charge is 0.275 e. The van der Waals surface area contributed by atoms with Crippen LogP contribution in [0, 0.1) is 0 Å². The lowest BCUT2D eigenvalue weighted by Gasteiger charge is -2.06. The molecule has 1 amide bonds. The molecule has 2 aromatic carbocycles. The molecule has 0 saturated heterocycles. The van der Waals surface area contributed by atoms with Crippen LogP contribution in [-0.2, 0) is 0 Å². The van der Waals surface area contributed by atoms with Gasteiger partial charge in [-0.1, -0.05) is 0 Å². The van der Waals surface area contributed by atoms with E-state index in [0.29, 0.717) is 10.0 Å². The van der Waals surface area contributed by atoms with Gasteiger partial charge in [0.05, 0.1) is 23.4 Å². The van der Waals surface area contributed by atoms with Gasteiger partial charge in [0.1, 0.15) is 11.5 Å². The number of nitrogens with one attached hydrogen (secondary N) is 1. The fourth-order valence-corrected chi connectivity index (χ4v) is 2.22. The van der Waals surface area contributed by atoms with Crippen molar-refractivity contribution in [2.24, 2.45) is 5.10 Å². The van der Waals surface area contributed by atoms with E-state index in [-0.39, 0.29) is 28.6 Å². The highest BCUT2D eigenvalue weighted by molar-refractivity contribution is 9.10. The van der Waals surface area contributed by atoms with Crippen molar-refractivity contribution in [3.05, 3.63) is 45.9 Å². The molecular weight excluding hydrogens is 368 g/mol. The maximum absolute atomic E-state index is 11.9. The number of carbonyl (C=O) groups excluding carboxylic acids is 1. The molecule has 0 saturated carbocycles. The summed E-state index contributed by atoms with van der Waals surface area (Å²) in [5.41, 5.74) is 2.80. The van der Waals surface area contributed by atoms with Gasteiger partial charge in [-0.3, -0.25) is 4.79 Å². The molecule has 0 aliphatic carbocycles. The van der Waals surface area contributed by atoms with Gasteiger partial charge in [-0.05, 0) is 45.8 Å². The first-order valence-corrected chi connectivity index (χ1v) is 7.13. The van der Waals surface area contributed by atoms with Crippen LogP contribution >= 0.6 is 15.9 Å². The fraction of sp³-hybridized carbons (Fsp3) is 0.0667. The van der Waals surface area contributed by atoms with Gasteiger partial charge < -0.3 is 20.1 Å². The van der Waals surface area contributed by atoms with Crippen LogP contribution in [-0.4, -0.2) is 34.6 Å². The maximum atomic E-state index is 11.9. The summed E-state index contributed by atoms with van der Waals surface area (Å²) in [4.78, 5) is 11.9. The average Bonchev–Trinajstić information content (AvgIpc) is 2.50. The van der Waals surface area contributed by atoms with Gasteiger partial charge in [0.25, 0.3) is 5.91 Å². The highest BCUT2D eigenvalue weighted by atomic mass is 79.9. The summed E-state index contributed by atoms with van der Waals surface area (Å²) in [6.45, 7) is 0. The number of hydrogen-bond acceptors (Lipinski definition) is 6. The molecule has 0 radical (unpaired) electrons. The van der Waals surface area contributed by atoms with Crippen molar-refractivity contribution in [3.8, 4) is 23.0 Å². The standard InChI is InChI=1S/C15H13BrN2O5/c1-23-13-5-8(4-11(16)14(13)21)7-17-18-15(22)10-3-2-9(19)6-12(10)20/h2-7,19-21H,1H3,(H,18,22)/b17-7-. The van der Waals surface area contributed by atoms with Crippen LogP contribution in [0.25, 0.3) is 0 Å². The number of phenolic OH excluding ortho intramolecular Hbond substituents is 3. The molecule has 23 heavy (non-hydrogen) atoms. The number of methoxy groups -OCH3 is 1. The second kappa shape index (κ2) is 7.01. The van der Waals surface area contributed by atoms with Crippen molar-refractivity contribution in [3.63, 3.8) is 0 Å². The van der Waals surface area contributed by atoms with Crippen LogP contribution in [0.5, 0.6) is 23.0 Å². The van der Waals surface area contributed by atoms with Gasteiger partial charge in [-0.15, -0.1) is 0 Å². The third-order valence-electron chi connectivity index (χ3n) is 2.88. The first-order chi connectivity index (χ1) is 10.9. The van der Waals surface area contributed by atoms with Crippen LogP contribution in [0.1, 0.15) is 15.9 Å². The summed E-state index contributed by atoms with van der Waals surface area (Å²) in [5, 5.41) is 32.2. The summed E-state index contributed by atoms with van der Waals surface area (Å²) in [6.07, 6.45) is 1.35. The lowest BCUT2D eigenvalue weighted by Crippen LogP contribution is -2.17. The SMILES string of the molecule is COc1cc(/C=N\NC(=O)c2ccc(O)cc2O)cc(Br)c1O. The van der Waals surface area contributed by atoms with Crippen molar-refractivity contribution in [1.29, 1.82) is 0 Å². The molecule has 8 heteroatoms. The van der Waals surface area contributed by atoms with Crippen molar-refractivity contribution in [1.82, 2.24) is 5.43 Å².